The van der Waals surface area contributed by atoms with Gasteiger partial charge in [-0.1, -0.05) is 12.1 Å². The predicted molar refractivity (Wildman–Crippen MR) is 100 cm³/mol. The summed E-state index contributed by atoms with van der Waals surface area (Å²) in [4.78, 5) is 26.0. The van der Waals surface area contributed by atoms with E-state index in [9.17, 15) is 9.59 Å². The van der Waals surface area contributed by atoms with Crippen LogP contribution in [0.4, 0.5) is 5.69 Å². The fraction of sp³-hybridized carbons (Fsp3) is 0.500. The quantitative estimate of drug-likeness (QED) is 0.785. The van der Waals surface area contributed by atoms with E-state index in [0.29, 0.717) is 5.92 Å². The molecule has 0 spiro atoms. The molecular weight excluding hydrogens is 348 g/mol. The molecule has 0 amide bonds. The van der Waals surface area contributed by atoms with E-state index in [0.717, 1.165) is 25.2 Å². The highest BCUT2D eigenvalue weighted by molar-refractivity contribution is 6.03. The number of piperidine rings is 1. The first-order chi connectivity index (χ1) is 13.1. The van der Waals surface area contributed by atoms with E-state index < -0.39 is 11.9 Å². The lowest BCUT2D eigenvalue weighted by Crippen LogP contribution is -2.38. The minimum absolute atomic E-state index is 0.0153. The van der Waals surface area contributed by atoms with E-state index in [1.54, 1.807) is 4.90 Å². The third-order valence-corrected chi connectivity index (χ3v) is 5.06. The number of rotatable bonds is 5. The molecule has 7 nitrogen and oxygen atoms in total. The van der Waals surface area contributed by atoms with E-state index in [1.807, 2.05) is 12.1 Å². The summed E-state index contributed by atoms with van der Waals surface area (Å²) in [6.07, 6.45) is 3.43. The highest BCUT2D eigenvalue weighted by Gasteiger charge is 2.32. The molecule has 0 aliphatic carbocycles. The minimum Gasteiger partial charge on any atom is -0.466 e. The molecule has 0 radical (unpaired) electrons. The number of ether oxygens (including phenoxy) is 3. The normalized spacial score (nSPS) is 18.4. The average molecular weight is 374 g/mol. The Balaban J connectivity index is 1.82. The zero-order chi connectivity index (χ0) is 19.2. The van der Waals surface area contributed by atoms with Crippen molar-refractivity contribution in [2.45, 2.75) is 19.3 Å². The summed E-state index contributed by atoms with van der Waals surface area (Å²) in [6, 6.07) is 8.03. The number of hydrogen-bond acceptors (Lipinski definition) is 7. The lowest BCUT2D eigenvalue weighted by molar-refractivity contribution is -0.140. The summed E-state index contributed by atoms with van der Waals surface area (Å²) in [6.45, 7) is 2.34. The smallest absolute Gasteiger partial charge is 0.355 e. The predicted octanol–water partition coefficient (Wildman–Crippen LogP) is 1.62. The van der Waals surface area contributed by atoms with Crippen molar-refractivity contribution in [1.82, 2.24) is 5.32 Å². The number of hydrogen-bond donors (Lipinski definition) is 1. The molecule has 0 bridgehead atoms. The number of nitrogens with zero attached hydrogens (tertiary/aromatic N) is 1. The lowest BCUT2D eigenvalue weighted by Gasteiger charge is -2.31. The maximum Gasteiger partial charge on any atom is 0.355 e. The van der Waals surface area contributed by atoms with Crippen molar-refractivity contribution in [3.63, 3.8) is 0 Å². The molecule has 2 aliphatic heterocycles. The molecule has 1 fully saturated rings. The van der Waals surface area contributed by atoms with Gasteiger partial charge in [0, 0.05) is 5.69 Å². The van der Waals surface area contributed by atoms with Gasteiger partial charge in [-0.2, -0.15) is 0 Å². The Labute approximate surface area is 159 Å². The van der Waals surface area contributed by atoms with Crippen molar-refractivity contribution in [2.75, 3.05) is 45.5 Å². The molecule has 0 aromatic heterocycles. The average Bonchev–Trinajstić information content (AvgIpc) is 2.73. The van der Waals surface area contributed by atoms with Crippen LogP contribution in [0.25, 0.3) is 0 Å². The Morgan fingerprint density at radius 3 is 2.41 bits per heavy atom. The number of benzene rings is 1. The van der Waals surface area contributed by atoms with Crippen molar-refractivity contribution in [1.29, 1.82) is 0 Å². The summed E-state index contributed by atoms with van der Waals surface area (Å²) in [5, 5.41) is 3.38. The van der Waals surface area contributed by atoms with Crippen LogP contribution in [0.5, 0.6) is 0 Å². The number of carbonyl (C=O) groups is 2. The number of anilines is 1. The molecule has 27 heavy (non-hydrogen) atoms. The Bertz CT molecular complexity index is 708. The fourth-order valence-corrected chi connectivity index (χ4v) is 3.58. The molecule has 146 valence electrons. The molecule has 3 rings (SSSR count). The third-order valence-electron chi connectivity index (χ3n) is 5.06. The molecule has 1 aromatic rings. The number of methoxy groups -OCH3 is 2. The topological polar surface area (TPSA) is 77.1 Å². The highest BCUT2D eigenvalue weighted by Crippen LogP contribution is 2.28. The molecular formula is C20H26N2O5. The van der Waals surface area contributed by atoms with Gasteiger partial charge in [0.2, 0.25) is 0 Å². The van der Waals surface area contributed by atoms with Crippen molar-refractivity contribution >= 4 is 17.6 Å². The maximum atomic E-state index is 12.3. The van der Waals surface area contributed by atoms with Crippen LogP contribution in [0.15, 0.2) is 35.5 Å². The molecule has 0 atom stereocenters. The van der Waals surface area contributed by atoms with Gasteiger partial charge in [0.05, 0.1) is 26.4 Å². The second kappa shape index (κ2) is 9.01. The first-order valence-electron chi connectivity index (χ1n) is 9.18. The molecule has 7 heteroatoms. The van der Waals surface area contributed by atoms with Gasteiger partial charge in [-0.25, -0.2) is 9.59 Å². The fourth-order valence-electron chi connectivity index (χ4n) is 3.58. The summed E-state index contributed by atoms with van der Waals surface area (Å²) >= 11 is 0. The van der Waals surface area contributed by atoms with Crippen LogP contribution in [0.3, 0.4) is 0 Å². The molecule has 0 unspecified atom stereocenters. The van der Waals surface area contributed by atoms with Crippen molar-refractivity contribution in [2.24, 2.45) is 5.92 Å². The first-order valence-corrected chi connectivity index (χ1v) is 9.18. The minimum atomic E-state index is -0.595. The van der Waals surface area contributed by atoms with Gasteiger partial charge in [0.15, 0.2) is 0 Å². The van der Waals surface area contributed by atoms with Crippen LogP contribution in [0, 0.1) is 5.92 Å². The van der Waals surface area contributed by atoms with Crippen LogP contribution >= 0.6 is 0 Å². The molecule has 2 heterocycles. The summed E-state index contributed by atoms with van der Waals surface area (Å²) < 4.78 is 15.2. The molecule has 1 N–H and O–H groups in total. The van der Waals surface area contributed by atoms with E-state index in [4.69, 9.17) is 14.2 Å². The Morgan fingerprint density at radius 1 is 1.11 bits per heavy atom. The summed E-state index contributed by atoms with van der Waals surface area (Å²) in [5.41, 5.74) is 2.36. The second-order valence-electron chi connectivity index (χ2n) is 6.78. The number of esters is 2. The van der Waals surface area contributed by atoms with Crippen LogP contribution in [0.1, 0.15) is 18.4 Å². The van der Waals surface area contributed by atoms with Crippen molar-refractivity contribution in [3.8, 4) is 0 Å². The van der Waals surface area contributed by atoms with Crippen LogP contribution in [-0.4, -0.2) is 52.6 Å². The van der Waals surface area contributed by atoms with Gasteiger partial charge < -0.3 is 24.4 Å². The maximum absolute atomic E-state index is 12.3. The van der Waals surface area contributed by atoms with Gasteiger partial charge in [-0.3, -0.25) is 0 Å². The van der Waals surface area contributed by atoms with Gasteiger partial charge in [-0.05, 0) is 56.0 Å². The van der Waals surface area contributed by atoms with Crippen LogP contribution in [-0.2, 0) is 30.2 Å². The monoisotopic (exact) mass is 374 g/mol. The highest BCUT2D eigenvalue weighted by atomic mass is 16.5. The summed E-state index contributed by atoms with van der Waals surface area (Å²) in [5.74, 6) is -0.480. The van der Waals surface area contributed by atoms with E-state index in [2.05, 4.69) is 17.4 Å². The largest absolute Gasteiger partial charge is 0.466 e. The number of carbonyl (C=O) groups excluding carboxylic acids is 2. The first kappa shape index (κ1) is 19.4. The Hall–Kier alpha value is -2.38. The second-order valence-corrected chi connectivity index (χ2v) is 6.78. The Morgan fingerprint density at radius 2 is 1.78 bits per heavy atom. The van der Waals surface area contributed by atoms with Crippen LogP contribution < -0.4 is 10.2 Å². The van der Waals surface area contributed by atoms with E-state index in [1.165, 1.54) is 32.6 Å². The molecule has 1 saturated heterocycles. The third kappa shape index (κ3) is 4.48. The Kier molecular flexibility index (Phi) is 6.47. The van der Waals surface area contributed by atoms with Gasteiger partial charge >= 0.3 is 11.9 Å². The van der Waals surface area contributed by atoms with E-state index >= 15 is 0 Å². The SMILES string of the molecule is COC(=O)C1=C(C(=O)OC)N(c2ccc(CC3CCNCC3)cc2)COC1. The molecule has 0 saturated carbocycles. The van der Waals surface area contributed by atoms with Crippen molar-refractivity contribution < 1.29 is 23.8 Å². The summed E-state index contributed by atoms with van der Waals surface area (Å²) in [7, 11) is 2.57. The molecule has 1 aromatic carbocycles. The van der Waals surface area contributed by atoms with Gasteiger partial charge in [0.1, 0.15) is 12.4 Å². The van der Waals surface area contributed by atoms with E-state index in [-0.39, 0.29) is 24.6 Å². The standard InChI is InChI=1S/C20H26N2O5/c1-25-19(23)17-12-27-13-22(18(17)20(24)26-2)16-5-3-14(4-6-16)11-15-7-9-21-10-8-15/h3-6,15,21H,7-13H2,1-2H3. The van der Waals surface area contributed by atoms with Gasteiger partial charge in [0.25, 0.3) is 0 Å². The lowest BCUT2D eigenvalue weighted by atomic mass is 9.91. The number of nitrogens with one attached hydrogen (secondary N) is 1. The molecule has 2 aliphatic rings. The van der Waals surface area contributed by atoms with Crippen molar-refractivity contribution in [3.05, 3.63) is 41.1 Å². The van der Waals surface area contributed by atoms with Gasteiger partial charge in [-0.15, -0.1) is 0 Å². The zero-order valence-electron chi connectivity index (χ0n) is 15.8. The van der Waals surface area contributed by atoms with Crippen LogP contribution in [0.2, 0.25) is 0 Å². The zero-order valence-corrected chi connectivity index (χ0v) is 15.8.